The van der Waals surface area contributed by atoms with Crippen LogP contribution in [0.5, 0.6) is 5.75 Å². The number of piperidine rings is 1. The minimum atomic E-state index is -4.79. The Labute approximate surface area is 200 Å². The Bertz CT molecular complexity index is 1120. The van der Waals surface area contributed by atoms with Gasteiger partial charge in [0, 0.05) is 38.1 Å². The van der Waals surface area contributed by atoms with Crippen LogP contribution < -0.4 is 15.5 Å². The zero-order valence-corrected chi connectivity index (χ0v) is 19.3. The van der Waals surface area contributed by atoms with Crippen LogP contribution in [0.25, 0.3) is 0 Å². The van der Waals surface area contributed by atoms with Gasteiger partial charge in [-0.05, 0) is 49.8 Å². The summed E-state index contributed by atoms with van der Waals surface area (Å²) in [6.07, 6.45) is 5.04. The van der Waals surface area contributed by atoms with E-state index < -0.39 is 17.7 Å². The van der Waals surface area contributed by atoms with Crippen LogP contribution in [-0.4, -0.2) is 40.7 Å². The molecule has 188 valence electrons. The van der Waals surface area contributed by atoms with Gasteiger partial charge in [-0.1, -0.05) is 25.0 Å². The largest absolute Gasteiger partial charge is 0.573 e. The topological polar surface area (TPSA) is 80.6 Å². The van der Waals surface area contributed by atoms with Crippen LogP contribution in [0.2, 0.25) is 0 Å². The summed E-state index contributed by atoms with van der Waals surface area (Å²) < 4.78 is 42.7. The highest BCUT2D eigenvalue weighted by Crippen LogP contribution is 2.29. The van der Waals surface area contributed by atoms with Gasteiger partial charge in [0.05, 0.1) is 0 Å². The van der Waals surface area contributed by atoms with Crippen molar-refractivity contribution in [1.82, 2.24) is 14.8 Å². The minimum absolute atomic E-state index is 0.0000948. The number of carbonyl (C=O) groups is 2. The highest BCUT2D eigenvalue weighted by Gasteiger charge is 2.31. The van der Waals surface area contributed by atoms with Crippen LogP contribution in [0.4, 0.5) is 13.2 Å². The summed E-state index contributed by atoms with van der Waals surface area (Å²) in [5.41, 5.74) is -0.192. The van der Waals surface area contributed by atoms with Gasteiger partial charge in [-0.25, -0.2) is 0 Å². The monoisotopic (exact) mass is 491 g/mol. The van der Waals surface area contributed by atoms with Crippen molar-refractivity contribution in [2.45, 2.75) is 63.9 Å². The Balaban J connectivity index is 1.54. The first-order valence-corrected chi connectivity index (χ1v) is 11.9. The first-order valence-electron chi connectivity index (χ1n) is 11.9. The molecule has 4 rings (SSSR count). The van der Waals surface area contributed by atoms with Crippen molar-refractivity contribution in [2.75, 3.05) is 13.1 Å². The predicted molar refractivity (Wildman–Crippen MR) is 122 cm³/mol. The highest BCUT2D eigenvalue weighted by atomic mass is 19.4. The number of amides is 2. The summed E-state index contributed by atoms with van der Waals surface area (Å²) in [5.74, 6) is -1.35. The maximum absolute atomic E-state index is 13.2. The van der Waals surface area contributed by atoms with E-state index in [1.165, 1.54) is 18.3 Å². The average Bonchev–Trinajstić information content (AvgIpc) is 3.38. The van der Waals surface area contributed by atoms with Crippen molar-refractivity contribution in [3.05, 3.63) is 63.6 Å². The molecule has 0 unspecified atom stereocenters. The van der Waals surface area contributed by atoms with E-state index >= 15 is 0 Å². The molecule has 7 nitrogen and oxygen atoms in total. The zero-order chi connectivity index (χ0) is 25.0. The van der Waals surface area contributed by atoms with Crippen molar-refractivity contribution in [3.63, 3.8) is 0 Å². The third-order valence-corrected chi connectivity index (χ3v) is 6.52. The normalized spacial score (nSPS) is 16.8. The fraction of sp³-hybridized carbons (Fsp3) is 0.480. The van der Waals surface area contributed by atoms with Gasteiger partial charge in [-0.2, -0.15) is 0 Å². The van der Waals surface area contributed by atoms with E-state index in [0.29, 0.717) is 18.7 Å². The quantitative estimate of drug-likeness (QED) is 0.649. The molecular weight excluding hydrogens is 463 g/mol. The number of hydrogen-bond acceptors (Lipinski definition) is 4. The lowest BCUT2D eigenvalue weighted by molar-refractivity contribution is -0.274. The Kier molecular flexibility index (Phi) is 7.47. The summed E-state index contributed by atoms with van der Waals surface area (Å²) in [5, 5.41) is 2.65. The zero-order valence-electron chi connectivity index (χ0n) is 19.3. The smallest absolute Gasteiger partial charge is 0.406 e. The molecule has 2 amide bonds. The second-order valence-electron chi connectivity index (χ2n) is 9.03. The van der Waals surface area contributed by atoms with E-state index in [4.69, 9.17) is 0 Å². The lowest BCUT2D eigenvalue weighted by Crippen LogP contribution is -2.40. The molecule has 0 bridgehead atoms. The van der Waals surface area contributed by atoms with E-state index in [9.17, 15) is 27.6 Å². The first-order chi connectivity index (χ1) is 16.7. The second kappa shape index (κ2) is 10.5. The third kappa shape index (κ3) is 6.23. The molecule has 0 spiro atoms. The number of rotatable bonds is 6. The average molecular weight is 492 g/mol. The molecule has 2 aromatic rings. The maximum Gasteiger partial charge on any atom is 0.573 e. The molecule has 2 fully saturated rings. The van der Waals surface area contributed by atoms with E-state index in [-0.39, 0.29) is 35.4 Å². The molecule has 0 atom stereocenters. The molecule has 1 saturated carbocycles. The van der Waals surface area contributed by atoms with Crippen molar-refractivity contribution in [3.8, 4) is 5.75 Å². The number of nitrogens with one attached hydrogen (secondary N) is 1. The van der Waals surface area contributed by atoms with Gasteiger partial charge in [0.2, 0.25) is 5.43 Å². The summed E-state index contributed by atoms with van der Waals surface area (Å²) in [6.45, 7) is 1.18. The molecule has 35 heavy (non-hydrogen) atoms. The Morgan fingerprint density at radius 3 is 2.20 bits per heavy atom. The number of ether oxygens (including phenoxy) is 1. The van der Waals surface area contributed by atoms with Crippen molar-refractivity contribution in [2.24, 2.45) is 0 Å². The molecule has 1 N–H and O–H groups in total. The number of alkyl halides is 3. The Morgan fingerprint density at radius 1 is 0.943 bits per heavy atom. The predicted octanol–water partition coefficient (Wildman–Crippen LogP) is 4.42. The molecule has 1 aromatic carbocycles. The number of aromatic nitrogens is 1. The number of likely N-dealkylation sites (tertiary alicyclic amines) is 1. The maximum atomic E-state index is 13.2. The fourth-order valence-corrected chi connectivity index (χ4v) is 4.68. The molecule has 2 aliphatic rings. The third-order valence-electron chi connectivity index (χ3n) is 6.52. The summed E-state index contributed by atoms with van der Waals surface area (Å²) in [4.78, 5) is 41.0. The van der Waals surface area contributed by atoms with Crippen molar-refractivity contribution < 1.29 is 27.5 Å². The van der Waals surface area contributed by atoms with E-state index in [1.54, 1.807) is 11.1 Å². The number of nitrogens with zero attached hydrogens (tertiary/aromatic N) is 2. The van der Waals surface area contributed by atoms with E-state index in [0.717, 1.165) is 57.1 Å². The molecule has 1 aliphatic heterocycles. The number of benzene rings is 1. The summed E-state index contributed by atoms with van der Waals surface area (Å²) in [7, 11) is 0. The molecule has 2 heterocycles. The van der Waals surface area contributed by atoms with Crippen LogP contribution >= 0.6 is 0 Å². The molecule has 0 radical (unpaired) electrons. The van der Waals surface area contributed by atoms with E-state index in [1.807, 2.05) is 4.57 Å². The Hall–Kier alpha value is -3.30. The summed E-state index contributed by atoms with van der Waals surface area (Å²) >= 11 is 0. The van der Waals surface area contributed by atoms with Gasteiger partial charge in [0.1, 0.15) is 16.9 Å². The number of pyridine rings is 1. The van der Waals surface area contributed by atoms with Gasteiger partial charge in [0.25, 0.3) is 11.8 Å². The SMILES string of the molecule is O=C(NCc1ccc(OC(F)(F)F)cc1)c1cn(C2CCCC2)cc(C(=O)N2CCCCC2)c1=O. The van der Waals surface area contributed by atoms with Crippen molar-refractivity contribution >= 4 is 11.8 Å². The van der Waals surface area contributed by atoms with Crippen molar-refractivity contribution in [1.29, 1.82) is 0 Å². The number of halogens is 3. The Morgan fingerprint density at radius 2 is 1.57 bits per heavy atom. The standard InChI is InChI=1S/C25H28F3N3O4/c26-25(27,28)35-19-10-8-17(9-11-19)14-29-23(33)20-15-31(18-6-2-3-7-18)16-21(22(20)32)24(34)30-12-4-1-5-13-30/h8-11,15-16,18H,1-7,12-14H2,(H,29,33). The van der Waals surface area contributed by atoms with Crippen LogP contribution in [0.3, 0.4) is 0 Å². The highest BCUT2D eigenvalue weighted by molar-refractivity contribution is 5.99. The molecule has 1 saturated heterocycles. The second-order valence-corrected chi connectivity index (χ2v) is 9.03. The van der Waals surface area contributed by atoms with Crippen LogP contribution in [0.1, 0.15) is 77.3 Å². The lowest BCUT2D eigenvalue weighted by Gasteiger charge is -2.27. The van der Waals surface area contributed by atoms with Gasteiger partial charge >= 0.3 is 6.36 Å². The molecule has 1 aliphatic carbocycles. The first kappa shape index (κ1) is 24.8. The molecular formula is C25H28F3N3O4. The van der Waals surface area contributed by atoms with Gasteiger partial charge in [-0.15, -0.1) is 13.2 Å². The lowest BCUT2D eigenvalue weighted by atomic mass is 10.1. The van der Waals surface area contributed by atoms with Crippen LogP contribution in [0.15, 0.2) is 41.5 Å². The minimum Gasteiger partial charge on any atom is -0.406 e. The number of hydrogen-bond donors (Lipinski definition) is 1. The fourth-order valence-electron chi connectivity index (χ4n) is 4.68. The number of carbonyl (C=O) groups excluding carboxylic acids is 2. The van der Waals surface area contributed by atoms with Gasteiger partial charge in [0.15, 0.2) is 0 Å². The van der Waals surface area contributed by atoms with Gasteiger partial charge < -0.3 is 19.5 Å². The van der Waals surface area contributed by atoms with E-state index in [2.05, 4.69) is 10.1 Å². The van der Waals surface area contributed by atoms with Crippen LogP contribution in [-0.2, 0) is 6.54 Å². The molecule has 10 heteroatoms. The molecule has 1 aromatic heterocycles. The summed E-state index contributed by atoms with van der Waals surface area (Å²) in [6, 6.07) is 5.22. The van der Waals surface area contributed by atoms with Crippen LogP contribution in [0, 0.1) is 0 Å². The van der Waals surface area contributed by atoms with Gasteiger partial charge in [-0.3, -0.25) is 14.4 Å².